The maximum atomic E-state index is 6.05. The second-order valence-electron chi connectivity index (χ2n) is 7.19. The van der Waals surface area contributed by atoms with Crippen molar-refractivity contribution in [2.24, 2.45) is 0 Å². The topological polar surface area (TPSA) is 37.0 Å². The van der Waals surface area contributed by atoms with E-state index in [-0.39, 0.29) is 6.04 Å². The molecular weight excluding hydrogens is 412 g/mol. The molecule has 4 aromatic rings. The fourth-order valence-electron chi connectivity index (χ4n) is 3.98. The Hall–Kier alpha value is -2.56. The standard InChI is InChI=1S/C24H21BrN2O/c25-18-8-6-17(7-9-18)23-24-20(12-13-26-23)21-14-19(10-11-22(21)27-24)28-15-16-4-2-1-3-5-16/h1-11,14,23,26-27H,12-13,15H2/t23-/m0/s1. The van der Waals surface area contributed by atoms with Gasteiger partial charge in [0, 0.05) is 27.6 Å². The smallest absolute Gasteiger partial charge is 0.120 e. The molecule has 0 aliphatic carbocycles. The predicted molar refractivity (Wildman–Crippen MR) is 117 cm³/mol. The summed E-state index contributed by atoms with van der Waals surface area (Å²) < 4.78 is 7.15. The SMILES string of the molecule is Brc1ccc([C@@H]2NCCc3c2[nH]c2ccc(OCc4ccccc4)cc32)cc1. The Morgan fingerprint density at radius 2 is 1.79 bits per heavy atom. The van der Waals surface area contributed by atoms with E-state index in [0.29, 0.717) is 6.61 Å². The first-order chi connectivity index (χ1) is 13.8. The van der Waals surface area contributed by atoms with Crippen LogP contribution in [0, 0.1) is 0 Å². The van der Waals surface area contributed by atoms with Crippen LogP contribution in [-0.2, 0) is 13.0 Å². The summed E-state index contributed by atoms with van der Waals surface area (Å²) in [6, 6.07) is 25.4. The monoisotopic (exact) mass is 432 g/mol. The molecule has 0 saturated carbocycles. The molecule has 5 rings (SSSR count). The van der Waals surface area contributed by atoms with Crippen LogP contribution < -0.4 is 10.1 Å². The van der Waals surface area contributed by atoms with Crippen LogP contribution in [-0.4, -0.2) is 11.5 Å². The molecular formula is C24H21BrN2O. The number of halogens is 1. The molecule has 1 atom stereocenters. The first-order valence-electron chi connectivity index (χ1n) is 9.58. The van der Waals surface area contributed by atoms with Gasteiger partial charge in [0.1, 0.15) is 12.4 Å². The third-order valence-corrected chi connectivity index (χ3v) is 5.90. The number of aromatic nitrogens is 1. The van der Waals surface area contributed by atoms with Gasteiger partial charge in [-0.25, -0.2) is 0 Å². The molecule has 1 aliphatic heterocycles. The fraction of sp³-hybridized carbons (Fsp3) is 0.167. The summed E-state index contributed by atoms with van der Waals surface area (Å²) in [6.07, 6.45) is 1.02. The van der Waals surface area contributed by atoms with Crippen LogP contribution in [0.3, 0.4) is 0 Å². The number of hydrogen-bond acceptors (Lipinski definition) is 2. The zero-order valence-electron chi connectivity index (χ0n) is 15.4. The van der Waals surface area contributed by atoms with Gasteiger partial charge in [-0.1, -0.05) is 58.4 Å². The van der Waals surface area contributed by atoms with E-state index in [1.807, 2.05) is 18.2 Å². The lowest BCUT2D eigenvalue weighted by Gasteiger charge is -2.25. The van der Waals surface area contributed by atoms with Gasteiger partial charge >= 0.3 is 0 Å². The lowest BCUT2D eigenvalue weighted by atomic mass is 9.94. The Bertz CT molecular complexity index is 1100. The van der Waals surface area contributed by atoms with E-state index in [2.05, 4.69) is 80.8 Å². The number of benzene rings is 3. The van der Waals surface area contributed by atoms with Crippen LogP contribution in [0.2, 0.25) is 0 Å². The summed E-state index contributed by atoms with van der Waals surface area (Å²) in [7, 11) is 0. The first-order valence-corrected chi connectivity index (χ1v) is 10.4. The number of ether oxygens (including phenoxy) is 1. The maximum absolute atomic E-state index is 6.05. The number of hydrogen-bond donors (Lipinski definition) is 2. The molecule has 2 heterocycles. The van der Waals surface area contributed by atoms with Crippen molar-refractivity contribution in [3.8, 4) is 5.75 Å². The van der Waals surface area contributed by atoms with Crippen molar-refractivity contribution in [2.75, 3.05) is 6.54 Å². The highest BCUT2D eigenvalue weighted by atomic mass is 79.9. The minimum absolute atomic E-state index is 0.193. The van der Waals surface area contributed by atoms with E-state index >= 15 is 0 Å². The number of rotatable bonds is 4. The van der Waals surface area contributed by atoms with Gasteiger partial charge in [0.25, 0.3) is 0 Å². The molecule has 0 radical (unpaired) electrons. The van der Waals surface area contributed by atoms with Crippen molar-refractivity contribution >= 4 is 26.8 Å². The van der Waals surface area contributed by atoms with Crippen molar-refractivity contribution in [3.63, 3.8) is 0 Å². The van der Waals surface area contributed by atoms with Crippen LogP contribution in [0.25, 0.3) is 10.9 Å². The molecule has 0 saturated heterocycles. The minimum atomic E-state index is 0.193. The Morgan fingerprint density at radius 1 is 0.964 bits per heavy atom. The van der Waals surface area contributed by atoms with Gasteiger partial charge in [0.05, 0.1) is 6.04 Å². The highest BCUT2D eigenvalue weighted by Crippen LogP contribution is 2.35. The average Bonchev–Trinajstić information content (AvgIpc) is 3.12. The summed E-state index contributed by atoms with van der Waals surface area (Å²) in [4.78, 5) is 3.65. The van der Waals surface area contributed by atoms with Crippen molar-refractivity contribution in [2.45, 2.75) is 19.1 Å². The van der Waals surface area contributed by atoms with Crippen molar-refractivity contribution < 1.29 is 4.74 Å². The van der Waals surface area contributed by atoms with E-state index in [1.54, 1.807) is 0 Å². The van der Waals surface area contributed by atoms with Crippen molar-refractivity contribution in [1.29, 1.82) is 0 Å². The Labute approximate surface area is 172 Å². The van der Waals surface area contributed by atoms with Gasteiger partial charge in [-0.3, -0.25) is 0 Å². The normalized spacial score (nSPS) is 16.1. The third-order valence-electron chi connectivity index (χ3n) is 5.37. The average molecular weight is 433 g/mol. The van der Waals surface area contributed by atoms with Gasteiger partial charge in [0.15, 0.2) is 0 Å². The van der Waals surface area contributed by atoms with E-state index in [9.17, 15) is 0 Å². The lowest BCUT2D eigenvalue weighted by Crippen LogP contribution is -2.30. The van der Waals surface area contributed by atoms with Crippen LogP contribution in [0.5, 0.6) is 5.75 Å². The van der Waals surface area contributed by atoms with Crippen molar-refractivity contribution in [3.05, 3.63) is 99.7 Å². The molecule has 4 heteroatoms. The maximum Gasteiger partial charge on any atom is 0.120 e. The molecule has 1 aromatic heterocycles. The van der Waals surface area contributed by atoms with Gasteiger partial charge in [0.2, 0.25) is 0 Å². The summed E-state index contributed by atoms with van der Waals surface area (Å²) in [6.45, 7) is 1.55. The molecule has 3 nitrogen and oxygen atoms in total. The quantitative estimate of drug-likeness (QED) is 0.431. The van der Waals surface area contributed by atoms with E-state index < -0.39 is 0 Å². The lowest BCUT2D eigenvalue weighted by molar-refractivity contribution is 0.306. The summed E-state index contributed by atoms with van der Waals surface area (Å²) in [5.41, 5.74) is 6.29. The minimum Gasteiger partial charge on any atom is -0.489 e. The van der Waals surface area contributed by atoms with Gasteiger partial charge in [-0.15, -0.1) is 0 Å². The molecule has 28 heavy (non-hydrogen) atoms. The largest absolute Gasteiger partial charge is 0.489 e. The van der Waals surface area contributed by atoms with Gasteiger partial charge < -0.3 is 15.0 Å². The van der Waals surface area contributed by atoms with Gasteiger partial charge in [-0.2, -0.15) is 0 Å². The molecule has 0 fully saturated rings. The molecule has 3 aromatic carbocycles. The summed E-state index contributed by atoms with van der Waals surface area (Å²) >= 11 is 3.53. The molecule has 0 bridgehead atoms. The number of H-pyrrole nitrogens is 1. The highest BCUT2D eigenvalue weighted by molar-refractivity contribution is 9.10. The van der Waals surface area contributed by atoms with E-state index in [4.69, 9.17) is 4.74 Å². The molecule has 0 spiro atoms. The van der Waals surface area contributed by atoms with Crippen LogP contribution >= 0.6 is 15.9 Å². The van der Waals surface area contributed by atoms with E-state index in [0.717, 1.165) is 23.2 Å². The summed E-state index contributed by atoms with van der Waals surface area (Å²) in [5, 5.41) is 4.92. The Kier molecular flexibility index (Phi) is 4.67. The number of nitrogens with one attached hydrogen (secondary N) is 2. The zero-order chi connectivity index (χ0) is 18.9. The zero-order valence-corrected chi connectivity index (χ0v) is 17.0. The van der Waals surface area contributed by atoms with Gasteiger partial charge in [-0.05, 0) is 53.4 Å². The van der Waals surface area contributed by atoms with Crippen LogP contribution in [0.4, 0.5) is 0 Å². The summed E-state index contributed by atoms with van der Waals surface area (Å²) in [5.74, 6) is 0.914. The second-order valence-corrected chi connectivity index (χ2v) is 8.10. The third kappa shape index (κ3) is 3.34. The molecule has 1 aliphatic rings. The molecule has 0 unspecified atom stereocenters. The second kappa shape index (κ2) is 7.46. The molecule has 0 amide bonds. The number of aromatic amines is 1. The molecule has 2 N–H and O–H groups in total. The Morgan fingerprint density at radius 3 is 2.61 bits per heavy atom. The molecule has 140 valence electrons. The fourth-order valence-corrected chi connectivity index (χ4v) is 4.24. The van der Waals surface area contributed by atoms with Crippen molar-refractivity contribution in [1.82, 2.24) is 10.3 Å². The Balaban J connectivity index is 1.47. The van der Waals surface area contributed by atoms with Crippen LogP contribution in [0.15, 0.2) is 77.3 Å². The highest BCUT2D eigenvalue weighted by Gasteiger charge is 2.25. The van der Waals surface area contributed by atoms with E-state index in [1.165, 1.54) is 33.3 Å². The number of fused-ring (bicyclic) bond motifs is 3. The predicted octanol–water partition coefficient (Wildman–Crippen LogP) is 5.74. The first kappa shape index (κ1) is 17.5. The van der Waals surface area contributed by atoms with Crippen LogP contribution in [0.1, 0.15) is 28.4 Å².